The van der Waals surface area contributed by atoms with E-state index in [2.05, 4.69) is 21.2 Å². The Morgan fingerprint density at radius 3 is 2.63 bits per heavy atom. The van der Waals surface area contributed by atoms with E-state index >= 15 is 0 Å². The molecule has 6 rings (SSSR count). The van der Waals surface area contributed by atoms with Crippen LogP contribution in [0.15, 0.2) is 59.1 Å². The fourth-order valence-electron chi connectivity index (χ4n) is 3.93. The minimum atomic E-state index is -0.460. The lowest BCUT2D eigenvalue weighted by Gasteiger charge is -2.38. The molecule has 0 spiro atoms. The third kappa shape index (κ3) is 2.60. The van der Waals surface area contributed by atoms with Gasteiger partial charge in [-0.1, -0.05) is 12.1 Å². The first-order chi connectivity index (χ1) is 14.7. The monoisotopic (exact) mass is 466 g/mol. The van der Waals surface area contributed by atoms with Crippen LogP contribution in [0.1, 0.15) is 22.1 Å². The predicted molar refractivity (Wildman–Crippen MR) is 112 cm³/mol. The number of anilines is 2. The van der Waals surface area contributed by atoms with Gasteiger partial charge in [-0.05, 0) is 52.3 Å². The number of halogens is 1. The number of nitrogens with zero attached hydrogens (tertiary/aromatic N) is 1. The summed E-state index contributed by atoms with van der Waals surface area (Å²) >= 11 is 3.56. The van der Waals surface area contributed by atoms with Gasteiger partial charge in [0.15, 0.2) is 23.0 Å². The molecule has 7 nitrogen and oxygen atoms in total. The van der Waals surface area contributed by atoms with Crippen LogP contribution in [0.25, 0.3) is 0 Å². The molecule has 0 fully saturated rings. The first-order valence-corrected chi connectivity index (χ1v) is 10.2. The highest BCUT2D eigenvalue weighted by Crippen LogP contribution is 2.45. The highest BCUT2D eigenvalue weighted by Gasteiger charge is 2.36. The molecule has 0 bridgehead atoms. The second-order valence-corrected chi connectivity index (χ2v) is 7.90. The Bertz CT molecular complexity index is 1200. The van der Waals surface area contributed by atoms with E-state index in [1.807, 2.05) is 54.6 Å². The fraction of sp³-hybridized carbons (Fsp3) is 0.136. The molecule has 0 radical (unpaired) electrons. The van der Waals surface area contributed by atoms with Crippen LogP contribution in [0, 0.1) is 0 Å². The summed E-state index contributed by atoms with van der Waals surface area (Å²) in [6, 6.07) is 16.8. The Labute approximate surface area is 180 Å². The highest BCUT2D eigenvalue weighted by atomic mass is 79.9. The Morgan fingerprint density at radius 2 is 1.70 bits per heavy atom. The van der Waals surface area contributed by atoms with Gasteiger partial charge in [-0.25, -0.2) is 0 Å². The molecular formula is C22H15BrN2O5. The molecule has 1 atom stereocenters. The zero-order valence-electron chi connectivity index (χ0n) is 15.6. The number of benzene rings is 3. The predicted octanol–water partition coefficient (Wildman–Crippen LogP) is 4.68. The van der Waals surface area contributed by atoms with Crippen molar-refractivity contribution in [3.8, 4) is 23.0 Å². The van der Waals surface area contributed by atoms with Crippen molar-refractivity contribution in [2.24, 2.45) is 0 Å². The molecule has 3 heterocycles. The number of hydrogen-bond donors (Lipinski definition) is 1. The Kier molecular flexibility index (Phi) is 3.82. The van der Waals surface area contributed by atoms with Crippen LogP contribution in [-0.2, 0) is 0 Å². The van der Waals surface area contributed by atoms with E-state index in [1.165, 1.54) is 0 Å². The Morgan fingerprint density at radius 1 is 0.900 bits per heavy atom. The molecule has 0 aliphatic carbocycles. The van der Waals surface area contributed by atoms with E-state index in [0.717, 1.165) is 15.7 Å². The van der Waals surface area contributed by atoms with Crippen molar-refractivity contribution in [3.05, 3.63) is 70.2 Å². The molecule has 3 aliphatic heterocycles. The van der Waals surface area contributed by atoms with Crippen molar-refractivity contribution >= 4 is 33.2 Å². The van der Waals surface area contributed by atoms with Gasteiger partial charge in [0.05, 0.1) is 15.7 Å². The molecule has 3 aromatic carbocycles. The minimum Gasteiger partial charge on any atom is -0.454 e. The van der Waals surface area contributed by atoms with E-state index < -0.39 is 6.17 Å². The number of hydrogen-bond acceptors (Lipinski definition) is 6. The normalized spacial score (nSPS) is 18.2. The topological polar surface area (TPSA) is 69.3 Å². The van der Waals surface area contributed by atoms with E-state index in [9.17, 15) is 4.79 Å². The standard InChI is InChI=1S/C22H15BrN2O5/c23-15-7-12(8-19-20(15)30-11-29-19)21-24-16-4-2-1-3-14(16)22(26)25(21)13-5-6-17-18(9-13)28-10-27-17/h1-9,21,24H,10-11H2. The number of nitrogens with one attached hydrogen (secondary N) is 1. The molecule has 3 aliphatic rings. The van der Waals surface area contributed by atoms with Gasteiger partial charge in [-0.2, -0.15) is 0 Å². The van der Waals surface area contributed by atoms with Gasteiger partial charge in [-0.15, -0.1) is 0 Å². The third-order valence-electron chi connectivity index (χ3n) is 5.33. The lowest BCUT2D eigenvalue weighted by atomic mass is 10.0. The molecule has 0 saturated carbocycles. The zero-order chi connectivity index (χ0) is 20.2. The molecular weight excluding hydrogens is 452 g/mol. The SMILES string of the molecule is O=C1c2ccccc2NC(c2cc(Br)c3c(c2)OCO3)N1c1ccc2c(c1)OCO2. The van der Waals surface area contributed by atoms with Crippen molar-refractivity contribution in [2.45, 2.75) is 6.17 Å². The maximum absolute atomic E-state index is 13.6. The van der Waals surface area contributed by atoms with Crippen molar-refractivity contribution in [1.29, 1.82) is 0 Å². The van der Waals surface area contributed by atoms with Gasteiger partial charge in [0, 0.05) is 17.3 Å². The number of para-hydroxylation sites is 1. The Balaban J connectivity index is 1.51. The number of carbonyl (C=O) groups is 1. The van der Waals surface area contributed by atoms with Crippen molar-refractivity contribution in [3.63, 3.8) is 0 Å². The van der Waals surface area contributed by atoms with Crippen LogP contribution < -0.4 is 29.2 Å². The Hall–Kier alpha value is -3.39. The van der Waals surface area contributed by atoms with Gasteiger partial charge in [0.2, 0.25) is 13.6 Å². The van der Waals surface area contributed by atoms with Gasteiger partial charge in [0.1, 0.15) is 6.17 Å². The van der Waals surface area contributed by atoms with Crippen molar-refractivity contribution < 1.29 is 23.7 Å². The highest BCUT2D eigenvalue weighted by molar-refractivity contribution is 9.10. The molecule has 8 heteroatoms. The average Bonchev–Trinajstić information content (AvgIpc) is 3.42. The molecule has 0 saturated heterocycles. The van der Waals surface area contributed by atoms with Gasteiger partial charge in [-0.3, -0.25) is 9.69 Å². The first-order valence-electron chi connectivity index (χ1n) is 9.37. The second kappa shape index (κ2) is 6.56. The minimum absolute atomic E-state index is 0.109. The summed E-state index contributed by atoms with van der Waals surface area (Å²) < 4.78 is 22.8. The number of carbonyl (C=O) groups excluding carboxylic acids is 1. The van der Waals surface area contributed by atoms with Crippen molar-refractivity contribution in [1.82, 2.24) is 0 Å². The summed E-state index contributed by atoms with van der Waals surface area (Å²) in [4.78, 5) is 15.3. The van der Waals surface area contributed by atoms with E-state index in [1.54, 1.807) is 4.90 Å². The van der Waals surface area contributed by atoms with Gasteiger partial charge < -0.3 is 24.3 Å². The molecule has 0 aromatic heterocycles. The molecule has 3 aromatic rings. The maximum Gasteiger partial charge on any atom is 0.262 e. The molecule has 30 heavy (non-hydrogen) atoms. The lowest BCUT2D eigenvalue weighted by molar-refractivity contribution is 0.0975. The van der Waals surface area contributed by atoms with Crippen molar-refractivity contribution in [2.75, 3.05) is 23.8 Å². The van der Waals surface area contributed by atoms with Crippen LogP contribution in [0.4, 0.5) is 11.4 Å². The number of amides is 1. The summed E-state index contributed by atoms with van der Waals surface area (Å²) in [6.07, 6.45) is -0.460. The summed E-state index contributed by atoms with van der Waals surface area (Å²) in [7, 11) is 0. The average molecular weight is 467 g/mol. The molecule has 150 valence electrons. The maximum atomic E-state index is 13.6. The summed E-state index contributed by atoms with van der Waals surface area (Å²) in [6.45, 7) is 0.343. The molecule has 1 N–H and O–H groups in total. The quantitative estimate of drug-likeness (QED) is 0.591. The lowest BCUT2D eigenvalue weighted by Crippen LogP contribution is -2.43. The fourth-order valence-corrected chi connectivity index (χ4v) is 4.51. The second-order valence-electron chi connectivity index (χ2n) is 7.04. The van der Waals surface area contributed by atoms with E-state index in [0.29, 0.717) is 34.2 Å². The van der Waals surface area contributed by atoms with E-state index in [-0.39, 0.29) is 19.5 Å². The largest absolute Gasteiger partial charge is 0.454 e. The summed E-state index contributed by atoms with van der Waals surface area (Å²) in [5, 5.41) is 3.49. The zero-order valence-corrected chi connectivity index (χ0v) is 17.1. The first kappa shape index (κ1) is 17.5. The van der Waals surface area contributed by atoms with Crippen LogP contribution in [0.2, 0.25) is 0 Å². The number of fused-ring (bicyclic) bond motifs is 3. The van der Waals surface area contributed by atoms with Gasteiger partial charge in [0.25, 0.3) is 5.91 Å². The van der Waals surface area contributed by atoms with Crippen LogP contribution in [0.3, 0.4) is 0 Å². The number of rotatable bonds is 2. The van der Waals surface area contributed by atoms with Crippen LogP contribution >= 0.6 is 15.9 Å². The smallest absolute Gasteiger partial charge is 0.262 e. The van der Waals surface area contributed by atoms with Gasteiger partial charge >= 0.3 is 0 Å². The van der Waals surface area contributed by atoms with E-state index in [4.69, 9.17) is 18.9 Å². The van der Waals surface area contributed by atoms with Crippen LogP contribution in [0.5, 0.6) is 23.0 Å². The van der Waals surface area contributed by atoms with Crippen LogP contribution in [-0.4, -0.2) is 19.5 Å². The summed E-state index contributed by atoms with van der Waals surface area (Å²) in [5.41, 5.74) is 2.93. The summed E-state index contributed by atoms with van der Waals surface area (Å²) in [5.74, 6) is 2.47. The number of ether oxygens (including phenoxy) is 4. The molecule has 1 amide bonds. The molecule has 1 unspecified atom stereocenters. The third-order valence-corrected chi connectivity index (χ3v) is 5.92.